The van der Waals surface area contributed by atoms with Gasteiger partial charge in [-0.15, -0.1) is 24.8 Å². The number of hydrogen-bond acceptors (Lipinski definition) is 6. The number of nitrogens with one attached hydrogen (secondary N) is 1. The van der Waals surface area contributed by atoms with E-state index in [0.29, 0.717) is 18.7 Å². The minimum Gasteiger partial charge on any atom is -0.335 e. The van der Waals surface area contributed by atoms with E-state index in [2.05, 4.69) is 37.7 Å². The molecular formula is C19H17Cl2FN4S2. The number of thioether (sulfide) groups is 2. The number of benzene rings is 2. The molecule has 0 radical (unpaired) electrons. The second-order valence-electron chi connectivity index (χ2n) is 6.14. The summed E-state index contributed by atoms with van der Waals surface area (Å²) < 4.78 is 14.1. The molecule has 2 aromatic rings. The third-order valence-electron chi connectivity index (χ3n) is 4.51. The van der Waals surface area contributed by atoms with Crippen LogP contribution in [0.15, 0.2) is 63.6 Å². The number of amidine groups is 2. The largest absolute Gasteiger partial charge is 0.335 e. The van der Waals surface area contributed by atoms with Crippen LogP contribution in [0.1, 0.15) is 11.1 Å². The standard InChI is InChI=1S/C19H15FN4S2.2ClH/c20-15-5-3-7-17-14(15)9-24-13(11-26-19(24)23-17)10-25-18-21-8-12-4-1-2-6-16(12)22-18;;/h1-7,11H,8-10H2,(H,21,22);2*1H. The van der Waals surface area contributed by atoms with Crippen LogP contribution in [-0.4, -0.2) is 21.0 Å². The molecule has 0 atom stereocenters. The minimum absolute atomic E-state index is 0. The molecule has 3 heterocycles. The summed E-state index contributed by atoms with van der Waals surface area (Å²) >= 11 is 3.26. The first kappa shape index (κ1) is 21.0. The van der Waals surface area contributed by atoms with Crippen molar-refractivity contribution in [1.82, 2.24) is 4.90 Å². The molecule has 28 heavy (non-hydrogen) atoms. The van der Waals surface area contributed by atoms with Gasteiger partial charge in [-0.25, -0.2) is 9.38 Å². The zero-order chi connectivity index (χ0) is 17.5. The van der Waals surface area contributed by atoms with Crippen molar-refractivity contribution < 1.29 is 4.39 Å². The molecule has 1 N–H and O–H groups in total. The number of aliphatic imine (C=N–C) groups is 2. The normalized spacial score (nSPS) is 16.2. The number of anilines is 1. The van der Waals surface area contributed by atoms with Gasteiger partial charge in [-0.05, 0) is 29.2 Å². The number of hydrogen-bond donors (Lipinski definition) is 1. The van der Waals surface area contributed by atoms with Gasteiger partial charge in [-0.2, -0.15) is 0 Å². The van der Waals surface area contributed by atoms with E-state index in [0.717, 1.165) is 33.2 Å². The van der Waals surface area contributed by atoms with Crippen LogP contribution >= 0.6 is 48.3 Å². The SMILES string of the molecule is Cl.Cl.Fc1cccc2c1CN1C(CSC3=NCc4ccccc4N3)=CSC1=N2. The third kappa shape index (κ3) is 3.89. The fraction of sp³-hybridized carbons (Fsp3) is 0.158. The number of halogens is 3. The Morgan fingerprint density at radius 3 is 2.89 bits per heavy atom. The number of nitrogens with zero attached hydrogens (tertiary/aromatic N) is 3. The second-order valence-corrected chi connectivity index (χ2v) is 7.94. The average Bonchev–Trinajstić information content (AvgIpc) is 3.07. The lowest BCUT2D eigenvalue weighted by atomic mass is 10.1. The fourth-order valence-corrected chi connectivity index (χ4v) is 5.00. The third-order valence-corrected chi connectivity index (χ3v) is 6.37. The summed E-state index contributed by atoms with van der Waals surface area (Å²) in [6.45, 7) is 1.23. The van der Waals surface area contributed by atoms with Gasteiger partial charge in [0.25, 0.3) is 0 Å². The maximum Gasteiger partial charge on any atom is 0.173 e. The highest BCUT2D eigenvalue weighted by Crippen LogP contribution is 2.38. The maximum absolute atomic E-state index is 14.1. The molecule has 0 aromatic heterocycles. The molecule has 9 heteroatoms. The summed E-state index contributed by atoms with van der Waals surface area (Å²) in [5.41, 5.74) is 4.87. The quantitative estimate of drug-likeness (QED) is 0.624. The summed E-state index contributed by atoms with van der Waals surface area (Å²) in [4.78, 5) is 11.3. The lowest BCUT2D eigenvalue weighted by Gasteiger charge is -2.27. The Kier molecular flexibility index (Phi) is 6.60. The summed E-state index contributed by atoms with van der Waals surface area (Å²) in [5, 5.41) is 7.33. The van der Waals surface area contributed by atoms with Crippen LogP contribution in [0.2, 0.25) is 0 Å². The van der Waals surface area contributed by atoms with Crippen molar-refractivity contribution in [2.24, 2.45) is 9.98 Å². The fourth-order valence-electron chi connectivity index (χ4n) is 3.12. The molecule has 0 saturated heterocycles. The molecule has 5 rings (SSSR count). The molecule has 0 bridgehead atoms. The first-order valence-electron chi connectivity index (χ1n) is 8.29. The Hall–Kier alpha value is -1.67. The predicted molar refractivity (Wildman–Crippen MR) is 123 cm³/mol. The molecular weight excluding hydrogens is 438 g/mol. The van der Waals surface area contributed by atoms with E-state index in [1.807, 2.05) is 18.2 Å². The molecule has 3 aliphatic heterocycles. The van der Waals surface area contributed by atoms with Gasteiger partial charge in [0.1, 0.15) is 5.82 Å². The highest BCUT2D eigenvalue weighted by Gasteiger charge is 2.29. The Morgan fingerprint density at radius 2 is 2.00 bits per heavy atom. The highest BCUT2D eigenvalue weighted by molar-refractivity contribution is 8.17. The molecule has 0 aliphatic carbocycles. The minimum atomic E-state index is -0.191. The van der Waals surface area contributed by atoms with Crippen LogP contribution in [0.4, 0.5) is 15.8 Å². The van der Waals surface area contributed by atoms with Gasteiger partial charge in [-0.3, -0.25) is 4.99 Å². The smallest absolute Gasteiger partial charge is 0.173 e. The van der Waals surface area contributed by atoms with Crippen LogP contribution in [0.5, 0.6) is 0 Å². The Bertz CT molecular complexity index is 994. The second kappa shape index (κ2) is 8.78. The van der Waals surface area contributed by atoms with Crippen molar-refractivity contribution in [3.8, 4) is 0 Å². The highest BCUT2D eigenvalue weighted by atomic mass is 35.5. The molecule has 0 fully saturated rings. The number of rotatable bonds is 2. The van der Waals surface area contributed by atoms with Crippen molar-refractivity contribution in [2.75, 3.05) is 11.1 Å². The molecule has 0 spiro atoms. The summed E-state index contributed by atoms with van der Waals surface area (Å²) in [6.07, 6.45) is 0. The lowest BCUT2D eigenvalue weighted by Crippen LogP contribution is -2.28. The van der Waals surface area contributed by atoms with Crippen LogP contribution < -0.4 is 5.32 Å². The zero-order valence-corrected chi connectivity index (χ0v) is 17.9. The van der Waals surface area contributed by atoms with Crippen molar-refractivity contribution in [3.63, 3.8) is 0 Å². The van der Waals surface area contributed by atoms with Gasteiger partial charge in [0, 0.05) is 22.7 Å². The molecule has 0 unspecified atom stereocenters. The zero-order valence-electron chi connectivity index (χ0n) is 14.6. The monoisotopic (exact) mass is 454 g/mol. The maximum atomic E-state index is 14.1. The van der Waals surface area contributed by atoms with Gasteiger partial charge >= 0.3 is 0 Å². The Labute approximate surface area is 183 Å². The summed E-state index contributed by atoms with van der Waals surface area (Å²) in [6, 6.07) is 13.3. The predicted octanol–water partition coefficient (Wildman–Crippen LogP) is 5.78. The van der Waals surface area contributed by atoms with Gasteiger partial charge in [0.15, 0.2) is 10.3 Å². The van der Waals surface area contributed by atoms with E-state index in [-0.39, 0.29) is 30.6 Å². The van der Waals surface area contributed by atoms with Crippen molar-refractivity contribution in [2.45, 2.75) is 13.1 Å². The van der Waals surface area contributed by atoms with Crippen molar-refractivity contribution in [1.29, 1.82) is 0 Å². The van der Waals surface area contributed by atoms with E-state index in [4.69, 9.17) is 0 Å². The van der Waals surface area contributed by atoms with Crippen LogP contribution in [0, 0.1) is 5.82 Å². The topological polar surface area (TPSA) is 40.0 Å². The van der Waals surface area contributed by atoms with Crippen LogP contribution in [-0.2, 0) is 13.1 Å². The number of para-hydroxylation sites is 1. The molecule has 2 aromatic carbocycles. The molecule has 4 nitrogen and oxygen atoms in total. The van der Waals surface area contributed by atoms with E-state index < -0.39 is 0 Å². The van der Waals surface area contributed by atoms with E-state index >= 15 is 0 Å². The van der Waals surface area contributed by atoms with Gasteiger partial charge < -0.3 is 10.2 Å². The molecule has 0 amide bonds. The van der Waals surface area contributed by atoms with Crippen molar-refractivity contribution >= 4 is 70.0 Å². The van der Waals surface area contributed by atoms with Gasteiger partial charge in [-0.1, -0.05) is 47.8 Å². The number of fused-ring (bicyclic) bond motifs is 3. The molecule has 3 aliphatic rings. The molecule has 0 saturated carbocycles. The first-order chi connectivity index (χ1) is 12.8. The molecule has 146 valence electrons. The lowest BCUT2D eigenvalue weighted by molar-refractivity contribution is 0.494. The average molecular weight is 455 g/mol. The Morgan fingerprint density at radius 1 is 1.14 bits per heavy atom. The van der Waals surface area contributed by atoms with Gasteiger partial charge in [0.05, 0.1) is 18.8 Å². The van der Waals surface area contributed by atoms with E-state index in [1.165, 1.54) is 11.6 Å². The van der Waals surface area contributed by atoms with Gasteiger partial charge in [0.2, 0.25) is 0 Å². The summed E-state index contributed by atoms with van der Waals surface area (Å²) in [5.74, 6) is 0.577. The Balaban J connectivity index is 0.00000112. The van der Waals surface area contributed by atoms with Crippen LogP contribution in [0.3, 0.4) is 0 Å². The first-order valence-corrected chi connectivity index (χ1v) is 10.2. The van der Waals surface area contributed by atoms with Crippen molar-refractivity contribution in [3.05, 3.63) is 70.5 Å². The van der Waals surface area contributed by atoms with Crippen LogP contribution in [0.25, 0.3) is 0 Å². The van der Waals surface area contributed by atoms with E-state index in [1.54, 1.807) is 29.6 Å². The summed E-state index contributed by atoms with van der Waals surface area (Å²) in [7, 11) is 0. The van der Waals surface area contributed by atoms with E-state index in [9.17, 15) is 4.39 Å².